The average Bonchev–Trinajstić information content (AvgIpc) is 2.31. The Kier molecular flexibility index (Phi) is 14.7. The highest BCUT2D eigenvalue weighted by atomic mass is 79.9. The smallest absolute Gasteiger partial charge is 0.0805 e. The van der Waals surface area contributed by atoms with E-state index < -0.39 is 0 Å². The molecule has 0 aliphatic rings. The van der Waals surface area contributed by atoms with Crippen molar-refractivity contribution in [3.63, 3.8) is 0 Å². The molecule has 0 aromatic rings. The van der Waals surface area contributed by atoms with Gasteiger partial charge in [0.1, 0.15) is 0 Å². The topological polar surface area (TPSA) is 18.5 Å². The van der Waals surface area contributed by atoms with E-state index in [0.717, 1.165) is 49.7 Å². The molecule has 2 nitrogen and oxygen atoms in total. The Bertz CT molecular complexity index is 134. The summed E-state index contributed by atoms with van der Waals surface area (Å²) in [5.41, 5.74) is 0. The van der Waals surface area contributed by atoms with Crippen molar-refractivity contribution >= 4 is 31.9 Å². The molecule has 0 aromatic heterocycles. The van der Waals surface area contributed by atoms with E-state index in [1.54, 1.807) is 0 Å². The van der Waals surface area contributed by atoms with E-state index >= 15 is 0 Å². The highest BCUT2D eigenvalue weighted by molar-refractivity contribution is 9.09. The predicted molar refractivity (Wildman–Crippen MR) is 76.9 cm³/mol. The van der Waals surface area contributed by atoms with Gasteiger partial charge in [-0.2, -0.15) is 0 Å². The lowest BCUT2D eigenvalue weighted by molar-refractivity contribution is -0.0193. The molecule has 0 saturated heterocycles. The van der Waals surface area contributed by atoms with Crippen LogP contribution in [0.5, 0.6) is 0 Å². The summed E-state index contributed by atoms with van der Waals surface area (Å²) in [6, 6.07) is 0. The van der Waals surface area contributed by atoms with E-state index in [9.17, 15) is 0 Å². The van der Waals surface area contributed by atoms with Crippen LogP contribution in [-0.4, -0.2) is 36.6 Å². The molecular formula is C12H24Br2O2. The van der Waals surface area contributed by atoms with Crippen LogP contribution in [-0.2, 0) is 9.47 Å². The molecule has 0 spiro atoms. The number of rotatable bonds is 12. The first-order chi connectivity index (χ1) is 7.85. The Hall–Kier alpha value is 0.880. The summed E-state index contributed by atoms with van der Waals surface area (Å²) in [6.45, 7) is 4.60. The van der Waals surface area contributed by atoms with Crippen LogP contribution in [0.15, 0.2) is 0 Å². The van der Waals surface area contributed by atoms with Crippen LogP contribution in [0.1, 0.15) is 39.0 Å². The molecule has 98 valence electrons. The van der Waals surface area contributed by atoms with Crippen molar-refractivity contribution in [2.75, 3.05) is 30.5 Å². The van der Waals surface area contributed by atoms with Gasteiger partial charge in [-0.3, -0.25) is 0 Å². The van der Waals surface area contributed by atoms with Gasteiger partial charge in [0.05, 0.1) is 12.7 Å². The van der Waals surface area contributed by atoms with E-state index in [4.69, 9.17) is 9.47 Å². The van der Waals surface area contributed by atoms with Gasteiger partial charge in [0.25, 0.3) is 0 Å². The summed E-state index contributed by atoms with van der Waals surface area (Å²) in [7, 11) is 0. The molecule has 0 amide bonds. The number of halogens is 2. The molecule has 1 atom stereocenters. The maximum atomic E-state index is 5.74. The minimum atomic E-state index is 0.277. The van der Waals surface area contributed by atoms with Gasteiger partial charge in [0, 0.05) is 23.9 Å². The van der Waals surface area contributed by atoms with E-state index in [1.165, 1.54) is 12.8 Å². The second-order valence-corrected chi connectivity index (χ2v) is 5.35. The molecule has 0 aliphatic carbocycles. The van der Waals surface area contributed by atoms with Crippen LogP contribution in [0, 0.1) is 0 Å². The van der Waals surface area contributed by atoms with Gasteiger partial charge in [-0.15, -0.1) is 0 Å². The van der Waals surface area contributed by atoms with Crippen LogP contribution < -0.4 is 0 Å². The van der Waals surface area contributed by atoms with E-state index in [1.807, 2.05) is 0 Å². The minimum Gasteiger partial charge on any atom is -0.379 e. The molecule has 16 heavy (non-hydrogen) atoms. The molecule has 0 fully saturated rings. The average molecular weight is 360 g/mol. The molecule has 1 unspecified atom stereocenters. The zero-order chi connectivity index (χ0) is 12.1. The van der Waals surface area contributed by atoms with Crippen molar-refractivity contribution in [1.82, 2.24) is 0 Å². The van der Waals surface area contributed by atoms with Crippen LogP contribution in [0.25, 0.3) is 0 Å². The number of hydrogen-bond donors (Lipinski definition) is 0. The Labute approximate surface area is 117 Å². The number of unbranched alkanes of at least 4 members (excludes halogenated alkanes) is 2. The highest BCUT2D eigenvalue weighted by Gasteiger charge is 2.05. The molecule has 0 aromatic carbocycles. The third-order valence-electron chi connectivity index (χ3n) is 2.31. The minimum absolute atomic E-state index is 0.277. The summed E-state index contributed by atoms with van der Waals surface area (Å²) in [4.78, 5) is 0. The predicted octanol–water partition coefficient (Wildman–Crippen LogP) is 4.15. The van der Waals surface area contributed by atoms with Gasteiger partial charge < -0.3 is 9.47 Å². The maximum absolute atomic E-state index is 5.74. The van der Waals surface area contributed by atoms with Crippen molar-refractivity contribution < 1.29 is 9.47 Å². The van der Waals surface area contributed by atoms with Crippen LogP contribution in [0.2, 0.25) is 0 Å². The van der Waals surface area contributed by atoms with Crippen molar-refractivity contribution in [2.24, 2.45) is 0 Å². The van der Waals surface area contributed by atoms with Crippen LogP contribution >= 0.6 is 31.9 Å². The lowest BCUT2D eigenvalue weighted by Gasteiger charge is -2.16. The molecule has 0 N–H and O–H groups in total. The standard InChI is InChI=1S/C12H24Br2O2/c1-2-12(16-10-6-4-8-14)11-15-9-5-3-7-13/h12H,2-11H2,1H3. The Balaban J connectivity index is 3.29. The van der Waals surface area contributed by atoms with Crippen LogP contribution in [0.4, 0.5) is 0 Å². The summed E-state index contributed by atoms with van der Waals surface area (Å²) in [6.07, 6.45) is 5.94. The molecule has 0 radical (unpaired) electrons. The van der Waals surface area contributed by atoms with E-state index in [-0.39, 0.29) is 6.10 Å². The number of alkyl halides is 2. The summed E-state index contributed by atoms with van der Waals surface area (Å²) in [5, 5.41) is 2.13. The fraction of sp³-hybridized carbons (Fsp3) is 1.00. The lowest BCUT2D eigenvalue weighted by atomic mass is 10.3. The quantitative estimate of drug-likeness (QED) is 0.385. The van der Waals surface area contributed by atoms with E-state index in [2.05, 4.69) is 38.8 Å². The number of ether oxygens (including phenoxy) is 2. The van der Waals surface area contributed by atoms with Gasteiger partial charge >= 0.3 is 0 Å². The first kappa shape index (κ1) is 16.9. The van der Waals surface area contributed by atoms with Crippen molar-refractivity contribution in [1.29, 1.82) is 0 Å². The number of hydrogen-bond acceptors (Lipinski definition) is 2. The Morgan fingerprint density at radius 2 is 1.56 bits per heavy atom. The lowest BCUT2D eigenvalue weighted by Crippen LogP contribution is -2.20. The zero-order valence-corrected chi connectivity index (χ0v) is 13.4. The highest BCUT2D eigenvalue weighted by Crippen LogP contribution is 2.03. The third-order valence-corrected chi connectivity index (χ3v) is 3.43. The van der Waals surface area contributed by atoms with Crippen molar-refractivity contribution in [3.8, 4) is 0 Å². The second-order valence-electron chi connectivity index (χ2n) is 3.77. The van der Waals surface area contributed by atoms with Gasteiger partial charge in [-0.1, -0.05) is 38.8 Å². The second kappa shape index (κ2) is 13.9. The van der Waals surface area contributed by atoms with Crippen molar-refractivity contribution in [3.05, 3.63) is 0 Å². The van der Waals surface area contributed by atoms with Gasteiger partial charge in [-0.25, -0.2) is 0 Å². The molecule has 0 rings (SSSR count). The summed E-state index contributed by atoms with van der Waals surface area (Å²) < 4.78 is 11.3. The van der Waals surface area contributed by atoms with Gasteiger partial charge in [0.15, 0.2) is 0 Å². The fourth-order valence-electron chi connectivity index (χ4n) is 1.24. The SMILES string of the molecule is CCC(COCCCCBr)OCCCCBr. The monoisotopic (exact) mass is 358 g/mol. The van der Waals surface area contributed by atoms with Crippen LogP contribution in [0.3, 0.4) is 0 Å². The summed E-state index contributed by atoms with van der Waals surface area (Å²) >= 11 is 6.82. The third kappa shape index (κ3) is 11.4. The largest absolute Gasteiger partial charge is 0.379 e. The molecule has 0 aliphatic heterocycles. The Morgan fingerprint density at radius 3 is 2.12 bits per heavy atom. The molecule has 0 saturated carbocycles. The van der Waals surface area contributed by atoms with Gasteiger partial charge in [-0.05, 0) is 32.1 Å². The fourth-order valence-corrected chi connectivity index (χ4v) is 2.04. The first-order valence-electron chi connectivity index (χ1n) is 6.16. The zero-order valence-electron chi connectivity index (χ0n) is 10.2. The molecule has 0 heterocycles. The molecule has 4 heteroatoms. The summed E-state index contributed by atoms with van der Waals surface area (Å²) in [5.74, 6) is 0. The Morgan fingerprint density at radius 1 is 0.938 bits per heavy atom. The maximum Gasteiger partial charge on any atom is 0.0805 e. The molecule has 0 bridgehead atoms. The van der Waals surface area contributed by atoms with E-state index in [0.29, 0.717) is 0 Å². The first-order valence-corrected chi connectivity index (χ1v) is 8.40. The van der Waals surface area contributed by atoms with Crippen molar-refractivity contribution in [2.45, 2.75) is 45.1 Å². The van der Waals surface area contributed by atoms with Gasteiger partial charge in [0.2, 0.25) is 0 Å². The molecular weight excluding hydrogens is 336 g/mol. The normalized spacial score (nSPS) is 12.9.